The molecule has 0 bridgehead atoms. The summed E-state index contributed by atoms with van der Waals surface area (Å²) < 4.78 is 1.77. The number of carbonyl (C=O) groups excluding carboxylic acids is 1. The molecule has 94 valence electrons. The maximum Gasteiger partial charge on any atom is 0.271 e. The van der Waals surface area contributed by atoms with Crippen LogP contribution >= 0.6 is 23.2 Å². The maximum atomic E-state index is 11.5. The van der Waals surface area contributed by atoms with Gasteiger partial charge in [-0.25, -0.2) is 4.98 Å². The van der Waals surface area contributed by atoms with E-state index in [0.717, 1.165) is 5.69 Å². The van der Waals surface area contributed by atoms with Crippen LogP contribution in [0.3, 0.4) is 0 Å². The second kappa shape index (κ2) is 5.00. The first-order chi connectivity index (χ1) is 8.51. The van der Waals surface area contributed by atoms with Gasteiger partial charge in [-0.05, 0) is 25.1 Å². The van der Waals surface area contributed by atoms with Gasteiger partial charge in [-0.2, -0.15) is 0 Å². The number of rotatable bonds is 2. The topological polar surface area (TPSA) is 46.9 Å². The van der Waals surface area contributed by atoms with Crippen LogP contribution in [0.1, 0.15) is 16.3 Å². The van der Waals surface area contributed by atoms with Crippen LogP contribution in [0.5, 0.6) is 0 Å². The van der Waals surface area contributed by atoms with Crippen LogP contribution in [0.4, 0.5) is 0 Å². The molecule has 1 aromatic heterocycles. The van der Waals surface area contributed by atoms with Gasteiger partial charge in [-0.15, -0.1) is 0 Å². The summed E-state index contributed by atoms with van der Waals surface area (Å²) >= 11 is 11.9. The molecule has 6 heteroatoms. The zero-order valence-electron chi connectivity index (χ0n) is 9.87. The Kier molecular flexibility index (Phi) is 3.59. The predicted molar refractivity (Wildman–Crippen MR) is 71.7 cm³/mol. The van der Waals surface area contributed by atoms with Crippen LogP contribution in [0.2, 0.25) is 10.0 Å². The van der Waals surface area contributed by atoms with E-state index < -0.39 is 0 Å². The number of aromatic nitrogens is 2. The molecule has 2 aromatic rings. The molecule has 0 atom stereocenters. The average molecular weight is 284 g/mol. The number of nitrogens with one attached hydrogen (secondary N) is 1. The highest BCUT2D eigenvalue weighted by Gasteiger charge is 2.12. The van der Waals surface area contributed by atoms with E-state index in [4.69, 9.17) is 23.2 Å². The highest BCUT2D eigenvalue weighted by atomic mass is 35.5. The minimum absolute atomic E-state index is 0.232. The average Bonchev–Trinajstić information content (AvgIpc) is 2.69. The molecule has 0 unspecified atom stereocenters. The lowest BCUT2D eigenvalue weighted by Gasteiger charge is -2.05. The van der Waals surface area contributed by atoms with Crippen LogP contribution in [0.15, 0.2) is 24.4 Å². The number of hydrogen-bond acceptors (Lipinski definition) is 2. The Morgan fingerprint density at radius 2 is 1.89 bits per heavy atom. The van der Waals surface area contributed by atoms with Crippen molar-refractivity contribution in [2.45, 2.75) is 6.92 Å². The van der Waals surface area contributed by atoms with Crippen molar-refractivity contribution in [2.75, 3.05) is 7.05 Å². The molecule has 0 saturated carbocycles. The Balaban J connectivity index is 2.50. The number of halogens is 2. The number of aryl methyl sites for hydroxylation is 1. The molecule has 2 rings (SSSR count). The molecule has 0 saturated heterocycles. The molecule has 1 N–H and O–H groups in total. The van der Waals surface area contributed by atoms with Gasteiger partial charge in [0.25, 0.3) is 5.91 Å². The maximum absolute atomic E-state index is 11.5. The van der Waals surface area contributed by atoms with E-state index in [-0.39, 0.29) is 5.91 Å². The second-order valence-electron chi connectivity index (χ2n) is 3.75. The molecule has 4 nitrogen and oxygen atoms in total. The summed E-state index contributed by atoms with van der Waals surface area (Å²) in [4.78, 5) is 15.7. The molecule has 0 aliphatic heterocycles. The van der Waals surface area contributed by atoms with Crippen molar-refractivity contribution in [2.24, 2.45) is 0 Å². The zero-order valence-corrected chi connectivity index (χ0v) is 11.4. The van der Waals surface area contributed by atoms with Crippen molar-refractivity contribution in [1.82, 2.24) is 14.9 Å². The highest BCUT2D eigenvalue weighted by Crippen LogP contribution is 2.23. The van der Waals surface area contributed by atoms with Crippen molar-refractivity contribution >= 4 is 29.1 Å². The van der Waals surface area contributed by atoms with Crippen molar-refractivity contribution in [3.05, 3.63) is 46.0 Å². The van der Waals surface area contributed by atoms with Crippen molar-refractivity contribution in [3.8, 4) is 5.69 Å². The number of amides is 1. The molecule has 0 spiro atoms. The molecule has 1 amide bonds. The van der Waals surface area contributed by atoms with Crippen molar-refractivity contribution in [1.29, 1.82) is 0 Å². The van der Waals surface area contributed by atoms with E-state index in [1.807, 2.05) is 0 Å². The van der Waals surface area contributed by atoms with Crippen LogP contribution in [0.25, 0.3) is 5.69 Å². The first-order valence-corrected chi connectivity index (χ1v) is 6.01. The SMILES string of the molecule is CNC(=O)c1cn(-c2cc(Cl)cc(Cl)c2)c(C)n1. The molecule has 1 aromatic carbocycles. The van der Waals surface area contributed by atoms with Gasteiger partial charge in [0.05, 0.1) is 0 Å². The summed E-state index contributed by atoms with van der Waals surface area (Å²) in [5.41, 5.74) is 1.12. The van der Waals surface area contributed by atoms with E-state index in [9.17, 15) is 4.79 Å². The monoisotopic (exact) mass is 283 g/mol. The van der Waals surface area contributed by atoms with Gasteiger partial charge < -0.3 is 9.88 Å². The van der Waals surface area contributed by atoms with Crippen molar-refractivity contribution < 1.29 is 4.79 Å². The Hall–Kier alpha value is -1.52. The third kappa shape index (κ3) is 2.49. The highest BCUT2D eigenvalue weighted by molar-refractivity contribution is 6.34. The number of nitrogens with zero attached hydrogens (tertiary/aromatic N) is 2. The standard InChI is InChI=1S/C12H11Cl2N3O/c1-7-16-11(12(18)15-2)6-17(7)10-4-8(13)3-9(14)5-10/h3-6H,1-2H3,(H,15,18). The smallest absolute Gasteiger partial charge is 0.271 e. The van der Waals surface area contributed by atoms with Gasteiger partial charge >= 0.3 is 0 Å². The molecule has 0 aliphatic rings. The minimum Gasteiger partial charge on any atom is -0.354 e. The van der Waals surface area contributed by atoms with Crippen molar-refractivity contribution in [3.63, 3.8) is 0 Å². The first kappa shape index (κ1) is 12.9. The lowest BCUT2D eigenvalue weighted by molar-refractivity contribution is 0.0958. The summed E-state index contributed by atoms with van der Waals surface area (Å²) in [7, 11) is 1.56. The molecule has 1 heterocycles. The summed E-state index contributed by atoms with van der Waals surface area (Å²) in [5.74, 6) is 0.455. The Bertz CT molecular complexity index is 587. The van der Waals surface area contributed by atoms with Gasteiger partial charge in [-0.3, -0.25) is 4.79 Å². The zero-order chi connectivity index (χ0) is 13.3. The summed E-state index contributed by atoms with van der Waals surface area (Å²) in [6.45, 7) is 1.81. The summed E-state index contributed by atoms with van der Waals surface area (Å²) in [5, 5.41) is 3.60. The van der Waals surface area contributed by atoms with Gasteiger partial charge in [0.15, 0.2) is 0 Å². The lowest BCUT2D eigenvalue weighted by atomic mass is 10.3. The molecule has 0 fully saturated rings. The molecular weight excluding hydrogens is 273 g/mol. The van der Waals surface area contributed by atoms with Gasteiger partial charge in [0.1, 0.15) is 11.5 Å². The summed E-state index contributed by atoms with van der Waals surface area (Å²) in [6.07, 6.45) is 1.65. The first-order valence-electron chi connectivity index (χ1n) is 5.26. The third-order valence-corrected chi connectivity index (χ3v) is 2.90. The number of hydrogen-bond donors (Lipinski definition) is 1. The minimum atomic E-state index is -0.232. The lowest BCUT2D eigenvalue weighted by Crippen LogP contribution is -2.18. The number of carbonyl (C=O) groups is 1. The predicted octanol–water partition coefficient (Wildman–Crippen LogP) is 2.85. The fraction of sp³-hybridized carbons (Fsp3) is 0.167. The molecule has 0 radical (unpaired) electrons. The fourth-order valence-corrected chi connectivity index (χ4v) is 2.16. The van der Waals surface area contributed by atoms with E-state index in [0.29, 0.717) is 21.6 Å². The van der Waals surface area contributed by atoms with E-state index in [1.165, 1.54) is 0 Å². The van der Waals surface area contributed by atoms with E-state index >= 15 is 0 Å². The molecular formula is C12H11Cl2N3O. The normalized spacial score (nSPS) is 10.4. The van der Waals surface area contributed by atoms with Crippen LogP contribution in [0, 0.1) is 6.92 Å². The third-order valence-electron chi connectivity index (χ3n) is 2.47. The van der Waals surface area contributed by atoms with E-state index in [1.54, 1.807) is 42.9 Å². The van der Waals surface area contributed by atoms with Crippen LogP contribution < -0.4 is 5.32 Å². The van der Waals surface area contributed by atoms with Crippen LogP contribution in [-0.4, -0.2) is 22.5 Å². The largest absolute Gasteiger partial charge is 0.354 e. The number of benzene rings is 1. The Morgan fingerprint density at radius 1 is 1.28 bits per heavy atom. The molecule has 0 aliphatic carbocycles. The second-order valence-corrected chi connectivity index (χ2v) is 4.62. The quantitative estimate of drug-likeness (QED) is 0.921. The number of imidazole rings is 1. The Morgan fingerprint density at radius 3 is 2.44 bits per heavy atom. The van der Waals surface area contributed by atoms with E-state index in [2.05, 4.69) is 10.3 Å². The summed E-state index contributed by atoms with van der Waals surface area (Å²) in [6, 6.07) is 5.17. The van der Waals surface area contributed by atoms with Crippen LogP contribution in [-0.2, 0) is 0 Å². The van der Waals surface area contributed by atoms with Gasteiger partial charge in [0.2, 0.25) is 0 Å². The van der Waals surface area contributed by atoms with Gasteiger partial charge in [-0.1, -0.05) is 23.2 Å². The van der Waals surface area contributed by atoms with Gasteiger partial charge in [0, 0.05) is 29.0 Å². The fourth-order valence-electron chi connectivity index (χ4n) is 1.65. The Labute approximate surface area is 115 Å². The molecule has 18 heavy (non-hydrogen) atoms.